The molecule has 0 saturated carbocycles. The lowest BCUT2D eigenvalue weighted by atomic mass is 10.0. The molecule has 6 nitrogen and oxygen atoms in total. The molecule has 2 atom stereocenters. The van der Waals surface area contributed by atoms with E-state index in [0.717, 1.165) is 16.7 Å². The van der Waals surface area contributed by atoms with Crippen molar-refractivity contribution in [1.29, 1.82) is 0 Å². The first kappa shape index (κ1) is 27.9. The van der Waals surface area contributed by atoms with Gasteiger partial charge < -0.3 is 20.7 Å². The van der Waals surface area contributed by atoms with Gasteiger partial charge in [0.15, 0.2) is 0 Å². The van der Waals surface area contributed by atoms with E-state index in [1.165, 1.54) is 0 Å². The third-order valence-corrected chi connectivity index (χ3v) is 5.92. The molecule has 0 aromatic heterocycles. The molecule has 0 aliphatic rings. The highest BCUT2D eigenvalue weighted by atomic mass is 32.1. The number of nitrogens with one attached hydrogen (secondary N) is 3. The van der Waals surface area contributed by atoms with Gasteiger partial charge in [-0.15, -0.1) is 0 Å². The van der Waals surface area contributed by atoms with Gasteiger partial charge in [0.2, 0.25) is 5.91 Å². The van der Waals surface area contributed by atoms with Gasteiger partial charge in [-0.2, -0.15) is 0 Å². The number of ether oxygens (including phenoxy) is 1. The molecule has 2 amide bonds. The Morgan fingerprint density at radius 1 is 0.730 bits per heavy atom. The first-order valence-electron chi connectivity index (χ1n) is 12.4. The first-order chi connectivity index (χ1) is 17.7. The van der Waals surface area contributed by atoms with E-state index in [1.807, 2.05) is 112 Å². The minimum atomic E-state index is -0.649. The van der Waals surface area contributed by atoms with Crippen molar-refractivity contribution in [2.24, 2.45) is 0 Å². The van der Waals surface area contributed by atoms with Crippen LogP contribution in [0.2, 0.25) is 0 Å². The Morgan fingerprint density at radius 2 is 1.19 bits per heavy atom. The fourth-order valence-corrected chi connectivity index (χ4v) is 4.03. The third kappa shape index (κ3) is 10.1. The molecule has 0 unspecified atom stereocenters. The molecule has 7 heteroatoms. The maximum atomic E-state index is 13.3. The van der Waals surface area contributed by atoms with E-state index in [1.54, 1.807) is 0 Å². The summed E-state index contributed by atoms with van der Waals surface area (Å²) in [4.78, 5) is 26.3. The fraction of sp³-hybridized carbons (Fsp3) is 0.300. The number of thiocarbonyl (C=S) groups is 1. The molecule has 0 bridgehead atoms. The van der Waals surface area contributed by atoms with E-state index < -0.39 is 23.8 Å². The first-order valence-corrected chi connectivity index (χ1v) is 12.8. The van der Waals surface area contributed by atoms with Crippen LogP contribution >= 0.6 is 12.2 Å². The van der Waals surface area contributed by atoms with Gasteiger partial charge in [0.25, 0.3) is 0 Å². The normalized spacial score (nSPS) is 12.6. The average molecular weight is 518 g/mol. The lowest BCUT2D eigenvalue weighted by Gasteiger charge is -2.27. The molecule has 37 heavy (non-hydrogen) atoms. The van der Waals surface area contributed by atoms with E-state index in [-0.39, 0.29) is 5.91 Å². The minimum absolute atomic E-state index is 0.175. The van der Waals surface area contributed by atoms with Crippen LogP contribution in [0.15, 0.2) is 91.0 Å². The zero-order chi connectivity index (χ0) is 26.7. The Balaban J connectivity index is 1.77. The molecule has 0 spiro atoms. The van der Waals surface area contributed by atoms with Gasteiger partial charge in [0.1, 0.15) is 11.6 Å². The van der Waals surface area contributed by atoms with Crippen LogP contribution in [0.25, 0.3) is 0 Å². The Bertz CT molecular complexity index is 1150. The molecule has 3 aromatic carbocycles. The van der Waals surface area contributed by atoms with Crippen molar-refractivity contribution in [1.82, 2.24) is 16.0 Å². The van der Waals surface area contributed by atoms with Gasteiger partial charge in [-0.1, -0.05) is 103 Å². The molecular formula is C30H35N3O3S. The van der Waals surface area contributed by atoms with Crippen LogP contribution in [0.3, 0.4) is 0 Å². The molecule has 3 rings (SSSR count). The number of benzene rings is 3. The number of alkyl carbamates (subject to hydrolysis) is 1. The van der Waals surface area contributed by atoms with E-state index in [0.29, 0.717) is 24.4 Å². The average Bonchev–Trinajstić information content (AvgIpc) is 2.87. The summed E-state index contributed by atoms with van der Waals surface area (Å²) in [5.41, 5.74) is 2.35. The predicted octanol–water partition coefficient (Wildman–Crippen LogP) is 4.97. The largest absolute Gasteiger partial charge is 0.444 e. The maximum absolute atomic E-state index is 13.3. The summed E-state index contributed by atoms with van der Waals surface area (Å²) in [6, 6.07) is 28.1. The van der Waals surface area contributed by atoms with Crippen molar-refractivity contribution in [2.45, 2.75) is 57.8 Å². The second-order valence-corrected chi connectivity index (χ2v) is 10.3. The van der Waals surface area contributed by atoms with Crippen molar-refractivity contribution in [2.75, 3.05) is 0 Å². The summed E-state index contributed by atoms with van der Waals surface area (Å²) in [5.74, 6) is -0.175. The molecule has 0 aliphatic heterocycles. The van der Waals surface area contributed by atoms with Crippen LogP contribution in [-0.2, 0) is 28.9 Å². The molecule has 0 heterocycles. The van der Waals surface area contributed by atoms with Crippen molar-refractivity contribution in [3.8, 4) is 0 Å². The van der Waals surface area contributed by atoms with Crippen LogP contribution in [-0.4, -0.2) is 34.7 Å². The monoisotopic (exact) mass is 517 g/mol. The lowest BCUT2D eigenvalue weighted by molar-refractivity contribution is -0.122. The smallest absolute Gasteiger partial charge is 0.408 e. The standard InChI is InChI=1S/C30H35N3O3S/c1-30(2,3)36-29(35)33-26(20-23-15-9-5-10-16-23)28(37)32-25(19-22-13-7-4-8-14-22)27(34)31-21-24-17-11-6-12-18-24/h4-18,25-26H,19-21H2,1-3H3,(H,31,34)(H,32,37)(H,33,35)/t25-,26-/m0/s1. The zero-order valence-electron chi connectivity index (χ0n) is 21.6. The van der Waals surface area contributed by atoms with Gasteiger partial charge in [-0.25, -0.2) is 4.79 Å². The van der Waals surface area contributed by atoms with Crippen molar-refractivity contribution in [3.63, 3.8) is 0 Å². The SMILES string of the molecule is CC(C)(C)OC(=O)N[C@@H](Cc1ccccc1)C(=S)N[C@@H](Cc1ccccc1)C(=O)NCc1ccccc1. The van der Waals surface area contributed by atoms with Crippen LogP contribution in [0.4, 0.5) is 4.79 Å². The number of hydrogen-bond donors (Lipinski definition) is 3. The molecule has 0 radical (unpaired) electrons. The molecule has 0 aliphatic carbocycles. The van der Waals surface area contributed by atoms with E-state index in [4.69, 9.17) is 17.0 Å². The molecule has 0 fully saturated rings. The fourth-order valence-electron chi connectivity index (χ4n) is 3.75. The summed E-state index contributed by atoms with van der Waals surface area (Å²) in [7, 11) is 0. The minimum Gasteiger partial charge on any atom is -0.444 e. The second kappa shape index (κ2) is 13.6. The number of rotatable bonds is 10. The molecule has 3 aromatic rings. The second-order valence-electron chi connectivity index (χ2n) is 9.84. The molecule has 3 N–H and O–H groups in total. The van der Waals surface area contributed by atoms with Gasteiger partial charge >= 0.3 is 6.09 Å². The van der Waals surface area contributed by atoms with Crippen molar-refractivity contribution >= 4 is 29.2 Å². The van der Waals surface area contributed by atoms with Gasteiger partial charge in [0, 0.05) is 13.0 Å². The topological polar surface area (TPSA) is 79.5 Å². The van der Waals surface area contributed by atoms with Crippen molar-refractivity contribution in [3.05, 3.63) is 108 Å². The van der Waals surface area contributed by atoms with E-state index >= 15 is 0 Å². The highest BCUT2D eigenvalue weighted by Gasteiger charge is 2.26. The molecule has 0 saturated heterocycles. The van der Waals surface area contributed by atoms with Crippen molar-refractivity contribution < 1.29 is 14.3 Å². The van der Waals surface area contributed by atoms with E-state index in [9.17, 15) is 9.59 Å². The summed E-state index contributed by atoms with van der Waals surface area (Å²) >= 11 is 5.76. The number of hydrogen-bond acceptors (Lipinski definition) is 4. The van der Waals surface area contributed by atoms with Gasteiger partial charge in [-0.05, 0) is 43.9 Å². The Kier molecular flexibility index (Phi) is 10.2. The molecule has 194 valence electrons. The Morgan fingerprint density at radius 3 is 1.68 bits per heavy atom. The predicted molar refractivity (Wildman–Crippen MR) is 151 cm³/mol. The maximum Gasteiger partial charge on any atom is 0.408 e. The summed E-state index contributed by atoms with van der Waals surface area (Å²) in [5, 5.41) is 9.14. The van der Waals surface area contributed by atoms with Crippen LogP contribution in [0.1, 0.15) is 37.5 Å². The number of carbonyl (C=O) groups excluding carboxylic acids is 2. The third-order valence-electron chi connectivity index (χ3n) is 5.52. The zero-order valence-corrected chi connectivity index (χ0v) is 22.4. The summed E-state index contributed by atoms with van der Waals surface area (Å²) in [6.07, 6.45) is 0.326. The Hall–Kier alpha value is -3.71. The highest BCUT2D eigenvalue weighted by molar-refractivity contribution is 7.80. The van der Waals surface area contributed by atoms with Gasteiger partial charge in [0.05, 0.1) is 11.0 Å². The highest BCUT2D eigenvalue weighted by Crippen LogP contribution is 2.11. The van der Waals surface area contributed by atoms with Crippen LogP contribution in [0, 0.1) is 0 Å². The summed E-state index contributed by atoms with van der Waals surface area (Å²) in [6.45, 7) is 5.83. The van der Waals surface area contributed by atoms with Crippen LogP contribution < -0.4 is 16.0 Å². The quantitative estimate of drug-likeness (QED) is 0.331. The number of amides is 2. The number of carbonyl (C=O) groups is 2. The van der Waals surface area contributed by atoms with E-state index in [2.05, 4.69) is 16.0 Å². The summed E-state index contributed by atoms with van der Waals surface area (Å²) < 4.78 is 5.47. The molecular weight excluding hydrogens is 482 g/mol. The lowest BCUT2D eigenvalue weighted by Crippen LogP contribution is -2.54. The van der Waals surface area contributed by atoms with Gasteiger partial charge in [-0.3, -0.25) is 4.79 Å². The van der Waals surface area contributed by atoms with Crippen LogP contribution in [0.5, 0.6) is 0 Å². The Labute approximate surface area is 224 Å².